The smallest absolute Gasteiger partial charge is 0.110 e. The lowest BCUT2D eigenvalue weighted by atomic mass is 10.0. The van der Waals surface area contributed by atoms with E-state index < -0.39 is 6.10 Å². The van der Waals surface area contributed by atoms with Crippen molar-refractivity contribution in [1.29, 1.82) is 0 Å². The molecule has 0 aromatic heterocycles. The molecule has 2 aromatic rings. The number of aliphatic hydroxyl groups is 1. The summed E-state index contributed by atoms with van der Waals surface area (Å²) in [5.74, 6) is 0. The molecule has 1 N–H and O–H groups in total. The van der Waals surface area contributed by atoms with Crippen LogP contribution in [0.1, 0.15) is 17.2 Å². The Morgan fingerprint density at radius 3 is 2.38 bits per heavy atom. The SMILES string of the molecule is O[C@H]1CN(Cc2ccccc2)CCOC1c1ccccc1. The first-order chi connectivity index (χ1) is 10.3. The van der Waals surface area contributed by atoms with E-state index in [0.717, 1.165) is 18.7 Å². The molecule has 1 aliphatic heterocycles. The summed E-state index contributed by atoms with van der Waals surface area (Å²) in [6, 6.07) is 20.3. The Bertz CT molecular complexity index is 544. The fourth-order valence-corrected chi connectivity index (χ4v) is 2.82. The largest absolute Gasteiger partial charge is 0.389 e. The highest BCUT2D eigenvalue weighted by Gasteiger charge is 2.27. The van der Waals surface area contributed by atoms with E-state index in [0.29, 0.717) is 13.2 Å². The van der Waals surface area contributed by atoms with Crippen molar-refractivity contribution in [1.82, 2.24) is 4.90 Å². The number of hydrogen-bond donors (Lipinski definition) is 1. The van der Waals surface area contributed by atoms with Gasteiger partial charge in [-0.15, -0.1) is 0 Å². The van der Waals surface area contributed by atoms with Crippen molar-refractivity contribution in [3.63, 3.8) is 0 Å². The van der Waals surface area contributed by atoms with Gasteiger partial charge >= 0.3 is 0 Å². The Hall–Kier alpha value is -1.68. The second-order valence-corrected chi connectivity index (χ2v) is 5.49. The van der Waals surface area contributed by atoms with Gasteiger partial charge in [0, 0.05) is 19.6 Å². The van der Waals surface area contributed by atoms with E-state index in [1.807, 2.05) is 48.5 Å². The Morgan fingerprint density at radius 2 is 1.67 bits per heavy atom. The Labute approximate surface area is 125 Å². The average molecular weight is 283 g/mol. The van der Waals surface area contributed by atoms with Crippen molar-refractivity contribution in [3.8, 4) is 0 Å². The highest BCUT2D eigenvalue weighted by molar-refractivity contribution is 5.19. The quantitative estimate of drug-likeness (QED) is 0.940. The molecule has 0 aliphatic carbocycles. The summed E-state index contributed by atoms with van der Waals surface area (Å²) in [7, 11) is 0. The molecule has 1 unspecified atom stereocenters. The summed E-state index contributed by atoms with van der Waals surface area (Å²) < 4.78 is 5.88. The van der Waals surface area contributed by atoms with Gasteiger partial charge in [0.25, 0.3) is 0 Å². The van der Waals surface area contributed by atoms with Gasteiger partial charge in [-0.1, -0.05) is 60.7 Å². The van der Waals surface area contributed by atoms with Crippen LogP contribution < -0.4 is 0 Å². The number of rotatable bonds is 3. The molecule has 3 heteroatoms. The lowest BCUT2D eigenvalue weighted by Crippen LogP contribution is -2.33. The van der Waals surface area contributed by atoms with Crippen molar-refractivity contribution in [2.45, 2.75) is 18.8 Å². The highest BCUT2D eigenvalue weighted by Crippen LogP contribution is 2.24. The van der Waals surface area contributed by atoms with E-state index in [9.17, 15) is 5.11 Å². The molecule has 3 rings (SSSR count). The number of hydrogen-bond acceptors (Lipinski definition) is 3. The van der Waals surface area contributed by atoms with Crippen molar-refractivity contribution in [3.05, 3.63) is 71.8 Å². The first-order valence-corrected chi connectivity index (χ1v) is 7.44. The molecule has 21 heavy (non-hydrogen) atoms. The van der Waals surface area contributed by atoms with Gasteiger partial charge in [-0.25, -0.2) is 0 Å². The molecule has 0 amide bonds. The molecule has 2 atom stereocenters. The topological polar surface area (TPSA) is 32.7 Å². The summed E-state index contributed by atoms with van der Waals surface area (Å²) in [6.07, 6.45) is -0.731. The fourth-order valence-electron chi connectivity index (χ4n) is 2.82. The standard InChI is InChI=1S/C18H21NO2/c20-17-14-19(13-15-7-3-1-4-8-15)11-12-21-18(17)16-9-5-2-6-10-16/h1-10,17-18,20H,11-14H2/t17-,18?/m0/s1. The fraction of sp³-hybridized carbons (Fsp3) is 0.333. The van der Waals surface area contributed by atoms with Crippen LogP contribution in [0.2, 0.25) is 0 Å². The minimum absolute atomic E-state index is 0.230. The zero-order valence-corrected chi connectivity index (χ0v) is 12.1. The van der Waals surface area contributed by atoms with Crippen molar-refractivity contribution < 1.29 is 9.84 Å². The monoisotopic (exact) mass is 283 g/mol. The maximum absolute atomic E-state index is 10.5. The van der Waals surface area contributed by atoms with Gasteiger partial charge in [0.05, 0.1) is 12.7 Å². The van der Waals surface area contributed by atoms with Gasteiger partial charge in [0.15, 0.2) is 0 Å². The van der Waals surface area contributed by atoms with E-state index >= 15 is 0 Å². The highest BCUT2D eigenvalue weighted by atomic mass is 16.5. The molecule has 110 valence electrons. The van der Waals surface area contributed by atoms with E-state index in [4.69, 9.17) is 4.74 Å². The summed E-state index contributed by atoms with van der Waals surface area (Å²) in [5.41, 5.74) is 2.31. The van der Waals surface area contributed by atoms with E-state index in [1.165, 1.54) is 5.56 Å². The van der Waals surface area contributed by atoms with Crippen LogP contribution in [0.15, 0.2) is 60.7 Å². The first kappa shape index (κ1) is 14.3. The molecule has 0 radical (unpaired) electrons. The van der Waals surface area contributed by atoms with Crippen molar-refractivity contribution in [2.75, 3.05) is 19.7 Å². The molecule has 0 spiro atoms. The van der Waals surface area contributed by atoms with Crippen LogP contribution in [0.4, 0.5) is 0 Å². The van der Waals surface area contributed by atoms with Crippen LogP contribution >= 0.6 is 0 Å². The predicted molar refractivity (Wildman–Crippen MR) is 82.9 cm³/mol. The summed E-state index contributed by atoms with van der Waals surface area (Å²) in [6.45, 7) is 2.97. The first-order valence-electron chi connectivity index (χ1n) is 7.44. The maximum Gasteiger partial charge on any atom is 0.110 e. The molecule has 0 bridgehead atoms. The van der Waals surface area contributed by atoms with Crippen molar-refractivity contribution in [2.24, 2.45) is 0 Å². The van der Waals surface area contributed by atoms with Crippen LogP contribution in [-0.4, -0.2) is 35.8 Å². The number of β-amino-alcohol motifs (C(OH)–C–C–N with tert-alkyl or cyclic N) is 1. The minimum Gasteiger partial charge on any atom is -0.389 e. The molecular weight excluding hydrogens is 262 g/mol. The lowest BCUT2D eigenvalue weighted by Gasteiger charge is -2.24. The zero-order valence-electron chi connectivity index (χ0n) is 12.1. The lowest BCUT2D eigenvalue weighted by molar-refractivity contribution is -0.0214. The third-order valence-corrected chi connectivity index (χ3v) is 3.88. The molecule has 2 aromatic carbocycles. The third-order valence-electron chi connectivity index (χ3n) is 3.88. The summed E-state index contributed by atoms with van der Waals surface area (Å²) in [5, 5.41) is 10.5. The number of aliphatic hydroxyl groups excluding tert-OH is 1. The van der Waals surface area contributed by atoms with E-state index in [-0.39, 0.29) is 6.10 Å². The van der Waals surface area contributed by atoms with Gasteiger partial charge in [-0.2, -0.15) is 0 Å². The van der Waals surface area contributed by atoms with Gasteiger partial charge in [-0.3, -0.25) is 4.90 Å². The number of nitrogens with zero attached hydrogens (tertiary/aromatic N) is 1. The molecule has 3 nitrogen and oxygen atoms in total. The molecular formula is C18H21NO2. The molecule has 0 saturated carbocycles. The van der Waals surface area contributed by atoms with Crippen LogP contribution in [0.25, 0.3) is 0 Å². The Morgan fingerprint density at radius 1 is 1.00 bits per heavy atom. The molecule has 1 aliphatic rings. The van der Waals surface area contributed by atoms with Crippen LogP contribution in [-0.2, 0) is 11.3 Å². The maximum atomic E-state index is 10.5. The van der Waals surface area contributed by atoms with Gasteiger partial charge < -0.3 is 9.84 Å². The van der Waals surface area contributed by atoms with Gasteiger partial charge in [0.2, 0.25) is 0 Å². The van der Waals surface area contributed by atoms with Crippen LogP contribution in [0.3, 0.4) is 0 Å². The van der Waals surface area contributed by atoms with E-state index in [1.54, 1.807) is 0 Å². The van der Waals surface area contributed by atoms with E-state index in [2.05, 4.69) is 17.0 Å². The van der Waals surface area contributed by atoms with Gasteiger partial charge in [-0.05, 0) is 11.1 Å². The van der Waals surface area contributed by atoms with Crippen LogP contribution in [0.5, 0.6) is 0 Å². The second kappa shape index (κ2) is 6.85. The van der Waals surface area contributed by atoms with Gasteiger partial charge in [0.1, 0.15) is 6.10 Å². The number of ether oxygens (including phenoxy) is 1. The summed E-state index contributed by atoms with van der Waals surface area (Å²) >= 11 is 0. The Kier molecular flexibility index (Phi) is 4.65. The third kappa shape index (κ3) is 3.70. The predicted octanol–water partition coefficient (Wildman–Crippen LogP) is 2.62. The average Bonchev–Trinajstić information content (AvgIpc) is 2.70. The zero-order chi connectivity index (χ0) is 14.5. The normalized spacial score (nSPS) is 23.7. The minimum atomic E-state index is -0.501. The van der Waals surface area contributed by atoms with Crippen molar-refractivity contribution >= 4 is 0 Å². The summed E-state index contributed by atoms with van der Waals surface area (Å²) in [4.78, 5) is 2.25. The molecule has 1 saturated heterocycles. The molecule has 1 fully saturated rings. The Balaban J connectivity index is 1.67. The van der Waals surface area contributed by atoms with Crippen LogP contribution in [0, 0.1) is 0 Å². The molecule has 1 heterocycles. The second-order valence-electron chi connectivity index (χ2n) is 5.49. The number of benzene rings is 2.